The van der Waals surface area contributed by atoms with E-state index in [9.17, 15) is 0 Å². The summed E-state index contributed by atoms with van der Waals surface area (Å²) in [7, 11) is 0. The fourth-order valence-electron chi connectivity index (χ4n) is 0.493. The lowest BCUT2D eigenvalue weighted by Gasteiger charge is -1.98. The third-order valence-corrected chi connectivity index (χ3v) is 3.12. The van der Waals surface area contributed by atoms with Gasteiger partial charge in [-0.1, -0.05) is 25.6 Å². The first-order chi connectivity index (χ1) is 5.18. The predicted octanol–water partition coefficient (Wildman–Crippen LogP) is 2.94. The quantitative estimate of drug-likeness (QED) is 0.715. The Hall–Kier alpha value is 0.200. The number of halogens is 1. The van der Waals surface area contributed by atoms with Crippen LogP contribution in [0.25, 0.3) is 0 Å². The summed E-state index contributed by atoms with van der Waals surface area (Å²) in [5, 5.41) is 0.800. The lowest BCUT2D eigenvalue weighted by molar-refractivity contribution is 0.748. The molecule has 11 heavy (non-hydrogen) atoms. The van der Waals surface area contributed by atoms with Gasteiger partial charge in [-0.2, -0.15) is 9.36 Å². The minimum absolute atomic E-state index is 0.524. The highest BCUT2D eigenvalue weighted by Crippen LogP contribution is 2.21. The molecule has 0 fully saturated rings. The van der Waals surface area contributed by atoms with Crippen LogP contribution in [0, 0.1) is 5.92 Å². The van der Waals surface area contributed by atoms with Crippen molar-refractivity contribution in [2.45, 2.75) is 19.0 Å². The van der Waals surface area contributed by atoms with E-state index in [1.807, 2.05) is 0 Å². The van der Waals surface area contributed by atoms with Crippen LogP contribution in [-0.4, -0.2) is 15.1 Å². The van der Waals surface area contributed by atoms with Gasteiger partial charge in [0.05, 0.1) is 0 Å². The van der Waals surface area contributed by atoms with Crippen molar-refractivity contribution in [3.8, 4) is 0 Å². The van der Waals surface area contributed by atoms with Gasteiger partial charge in [0.15, 0.2) is 0 Å². The summed E-state index contributed by atoms with van der Waals surface area (Å²) in [6, 6.07) is 0. The maximum atomic E-state index is 5.61. The Bertz CT molecular complexity index is 224. The van der Waals surface area contributed by atoms with Gasteiger partial charge < -0.3 is 0 Å². The van der Waals surface area contributed by atoms with Gasteiger partial charge in [-0.3, -0.25) is 0 Å². The van der Waals surface area contributed by atoms with Crippen molar-refractivity contribution in [2.75, 3.05) is 5.75 Å². The highest BCUT2D eigenvalue weighted by Gasteiger charge is 2.02. The molecule has 0 atom stereocenters. The van der Waals surface area contributed by atoms with E-state index < -0.39 is 0 Å². The van der Waals surface area contributed by atoms with Crippen molar-refractivity contribution in [1.29, 1.82) is 0 Å². The van der Waals surface area contributed by atoms with Crippen LogP contribution in [0.5, 0.6) is 0 Å². The van der Waals surface area contributed by atoms with Crippen LogP contribution in [-0.2, 0) is 0 Å². The topological polar surface area (TPSA) is 25.8 Å². The zero-order valence-electron chi connectivity index (χ0n) is 6.37. The van der Waals surface area contributed by atoms with Gasteiger partial charge in [-0.05, 0) is 29.1 Å². The van der Waals surface area contributed by atoms with E-state index in [0.29, 0.717) is 10.4 Å². The molecule has 0 amide bonds. The average Bonchev–Trinajstić information content (AvgIpc) is 2.31. The van der Waals surface area contributed by atoms with Gasteiger partial charge in [-0.25, -0.2) is 0 Å². The second-order valence-electron chi connectivity index (χ2n) is 2.53. The molecule has 0 saturated carbocycles. The van der Waals surface area contributed by atoms with Crippen LogP contribution in [0.15, 0.2) is 5.16 Å². The molecule has 1 aromatic rings. The van der Waals surface area contributed by atoms with Gasteiger partial charge >= 0.3 is 0 Å². The van der Waals surface area contributed by atoms with E-state index in [2.05, 4.69) is 23.2 Å². The Labute approximate surface area is 79.5 Å². The first kappa shape index (κ1) is 9.29. The molecule has 0 unspecified atom stereocenters. The monoisotopic (exact) mass is 208 g/mol. The van der Waals surface area contributed by atoms with E-state index >= 15 is 0 Å². The molecule has 0 aliphatic heterocycles. The highest BCUT2D eigenvalue weighted by atomic mass is 35.5. The largest absolute Gasteiger partial charge is 0.204 e. The van der Waals surface area contributed by atoms with Crippen molar-refractivity contribution in [3.63, 3.8) is 0 Å². The highest BCUT2D eigenvalue weighted by molar-refractivity contribution is 7.99. The summed E-state index contributed by atoms with van der Waals surface area (Å²) in [5.74, 6) is 1.72. The number of hydrogen-bond donors (Lipinski definition) is 0. The molecule has 2 nitrogen and oxygen atoms in total. The molecule has 0 aromatic carbocycles. The summed E-state index contributed by atoms with van der Waals surface area (Å²) < 4.78 is 4.57. The predicted molar refractivity (Wildman–Crippen MR) is 50.5 cm³/mol. The molecule has 0 aliphatic carbocycles. The average molecular weight is 209 g/mol. The molecule has 0 aliphatic rings. The lowest BCUT2D eigenvalue weighted by Crippen LogP contribution is -1.90. The van der Waals surface area contributed by atoms with E-state index in [0.717, 1.165) is 10.9 Å². The first-order valence-corrected chi connectivity index (χ1v) is 5.44. The Morgan fingerprint density at radius 3 is 2.82 bits per heavy atom. The summed E-state index contributed by atoms with van der Waals surface area (Å²) in [6.45, 7) is 4.34. The molecule has 0 bridgehead atoms. The molecule has 5 heteroatoms. The summed E-state index contributed by atoms with van der Waals surface area (Å²) in [6.07, 6.45) is 0. The zero-order chi connectivity index (χ0) is 8.27. The first-order valence-electron chi connectivity index (χ1n) is 3.30. The molecule has 1 aromatic heterocycles. The normalized spacial score (nSPS) is 10.9. The van der Waals surface area contributed by atoms with Crippen molar-refractivity contribution >= 4 is 34.9 Å². The van der Waals surface area contributed by atoms with Crippen molar-refractivity contribution in [2.24, 2.45) is 5.92 Å². The zero-order valence-corrected chi connectivity index (χ0v) is 8.76. The molecular formula is C6H9ClN2S2. The molecule has 1 rings (SSSR count). The molecule has 62 valence electrons. The van der Waals surface area contributed by atoms with E-state index in [1.54, 1.807) is 11.8 Å². The van der Waals surface area contributed by atoms with E-state index in [1.165, 1.54) is 11.5 Å². The fraction of sp³-hybridized carbons (Fsp3) is 0.667. The van der Waals surface area contributed by atoms with Crippen LogP contribution in [0.1, 0.15) is 13.8 Å². The van der Waals surface area contributed by atoms with Gasteiger partial charge in [0, 0.05) is 5.75 Å². The van der Waals surface area contributed by atoms with Crippen molar-refractivity contribution < 1.29 is 0 Å². The van der Waals surface area contributed by atoms with E-state index in [4.69, 9.17) is 11.6 Å². The molecule has 1 heterocycles. The standard InChI is InChI=1S/C6H9ClN2S2/c1-4(2)3-10-6-8-5(7)11-9-6/h4H,3H2,1-2H3. The smallest absolute Gasteiger partial charge is 0.198 e. The van der Waals surface area contributed by atoms with Gasteiger partial charge in [0.25, 0.3) is 0 Å². The second-order valence-corrected chi connectivity index (χ2v) is 4.86. The lowest BCUT2D eigenvalue weighted by atomic mass is 10.3. The Kier molecular flexibility index (Phi) is 3.62. The van der Waals surface area contributed by atoms with Crippen LogP contribution in [0.4, 0.5) is 0 Å². The maximum Gasteiger partial charge on any atom is 0.204 e. The van der Waals surface area contributed by atoms with Crippen molar-refractivity contribution in [1.82, 2.24) is 9.36 Å². The van der Waals surface area contributed by atoms with E-state index in [-0.39, 0.29) is 0 Å². The molecule has 0 N–H and O–H groups in total. The fourth-order valence-corrected chi connectivity index (χ4v) is 2.07. The van der Waals surface area contributed by atoms with Crippen molar-refractivity contribution in [3.05, 3.63) is 4.47 Å². The minimum atomic E-state index is 0.524. The number of nitrogens with zero attached hydrogens (tertiary/aromatic N) is 2. The van der Waals surface area contributed by atoms with Gasteiger partial charge in [0.2, 0.25) is 9.62 Å². The molecular weight excluding hydrogens is 200 g/mol. The van der Waals surface area contributed by atoms with Crippen LogP contribution in [0.3, 0.4) is 0 Å². The number of thioether (sulfide) groups is 1. The Balaban J connectivity index is 2.39. The van der Waals surface area contributed by atoms with Gasteiger partial charge in [0.1, 0.15) is 0 Å². The maximum absolute atomic E-state index is 5.61. The van der Waals surface area contributed by atoms with Crippen LogP contribution >= 0.6 is 34.9 Å². The summed E-state index contributed by atoms with van der Waals surface area (Å²) in [4.78, 5) is 4.02. The second kappa shape index (κ2) is 4.28. The third-order valence-electron chi connectivity index (χ3n) is 0.928. The third kappa shape index (κ3) is 3.40. The molecule has 0 radical (unpaired) electrons. The number of hydrogen-bond acceptors (Lipinski definition) is 4. The molecule has 0 saturated heterocycles. The summed E-state index contributed by atoms with van der Waals surface area (Å²) >= 11 is 8.50. The van der Waals surface area contributed by atoms with Gasteiger partial charge in [-0.15, -0.1) is 0 Å². The Morgan fingerprint density at radius 2 is 2.36 bits per heavy atom. The number of aromatic nitrogens is 2. The minimum Gasteiger partial charge on any atom is -0.198 e. The van der Waals surface area contributed by atoms with Crippen LogP contribution in [0.2, 0.25) is 4.47 Å². The number of rotatable bonds is 3. The molecule has 0 spiro atoms. The van der Waals surface area contributed by atoms with Crippen LogP contribution < -0.4 is 0 Å². The SMILES string of the molecule is CC(C)CSc1nsc(Cl)n1. The summed E-state index contributed by atoms with van der Waals surface area (Å²) in [5.41, 5.74) is 0. The Morgan fingerprint density at radius 1 is 1.64 bits per heavy atom.